The number of nitro groups is 1. The van der Waals surface area contributed by atoms with Crippen LogP contribution in [0.4, 0.5) is 5.69 Å². The molecule has 1 atom stereocenters. The number of hydrogen-bond donors (Lipinski definition) is 0. The topological polar surface area (TPSA) is 113 Å². The molecule has 0 fully saturated rings. The third-order valence-electron chi connectivity index (χ3n) is 6.45. The first-order valence-electron chi connectivity index (χ1n) is 13.0. The molecule has 0 radical (unpaired) electrons. The monoisotopic (exact) mass is 569 g/mol. The number of benzene rings is 3. The zero-order valence-electron chi connectivity index (χ0n) is 22.6. The maximum absolute atomic E-state index is 13.8. The summed E-state index contributed by atoms with van der Waals surface area (Å²) in [5.41, 5.74) is 2.15. The maximum atomic E-state index is 13.8. The SMILES string of the molecule is CC1=C(C(=O)OC(C)C)C(c2ccc(OCc3ccccc3)cc2)n2c(sc(=Cc3ccccc3[N+](=O)[O-])c2=O)=N1. The summed E-state index contributed by atoms with van der Waals surface area (Å²) < 4.78 is 13.2. The summed E-state index contributed by atoms with van der Waals surface area (Å²) in [6, 6.07) is 22.4. The van der Waals surface area contributed by atoms with Crippen LogP contribution < -0.4 is 19.6 Å². The lowest BCUT2D eigenvalue weighted by molar-refractivity contribution is -0.385. The molecule has 208 valence electrons. The zero-order chi connectivity index (χ0) is 29.1. The summed E-state index contributed by atoms with van der Waals surface area (Å²) in [6.45, 7) is 5.61. The fourth-order valence-corrected chi connectivity index (χ4v) is 5.62. The lowest BCUT2D eigenvalue weighted by Gasteiger charge is -2.25. The van der Waals surface area contributed by atoms with Crippen molar-refractivity contribution in [1.82, 2.24) is 4.57 Å². The number of hydrogen-bond acceptors (Lipinski definition) is 8. The minimum absolute atomic E-state index is 0.113. The lowest BCUT2D eigenvalue weighted by Crippen LogP contribution is -2.40. The Bertz CT molecular complexity index is 1820. The number of aromatic nitrogens is 1. The molecule has 1 unspecified atom stereocenters. The van der Waals surface area contributed by atoms with Gasteiger partial charge in [0.25, 0.3) is 11.2 Å². The van der Waals surface area contributed by atoms with Crippen molar-refractivity contribution in [2.24, 2.45) is 4.99 Å². The summed E-state index contributed by atoms with van der Waals surface area (Å²) in [5, 5.41) is 11.6. The van der Waals surface area contributed by atoms with Gasteiger partial charge in [-0.1, -0.05) is 65.9 Å². The Hall–Kier alpha value is -4.83. The predicted octanol–water partition coefficient (Wildman–Crippen LogP) is 4.67. The van der Waals surface area contributed by atoms with Crippen molar-refractivity contribution in [3.63, 3.8) is 0 Å². The number of carbonyl (C=O) groups excluding carboxylic acids is 1. The summed E-state index contributed by atoms with van der Waals surface area (Å²) in [4.78, 5) is 43.1. The molecular formula is C31H27N3O6S. The van der Waals surface area contributed by atoms with Gasteiger partial charge in [0.2, 0.25) is 0 Å². The van der Waals surface area contributed by atoms with Crippen molar-refractivity contribution in [3.05, 3.63) is 137 Å². The standard InChI is InChI=1S/C31H27N3O6S/c1-19(2)40-30(36)27-20(3)32-31-33(29(35)26(41-31)17-23-11-7-8-12-25(23)34(37)38)28(27)22-13-15-24(16-14-22)39-18-21-9-5-4-6-10-21/h4-17,19,28H,18H2,1-3H3. The quantitative estimate of drug-likeness (QED) is 0.173. The summed E-state index contributed by atoms with van der Waals surface area (Å²) in [7, 11) is 0. The first-order valence-corrected chi connectivity index (χ1v) is 13.8. The molecule has 9 nitrogen and oxygen atoms in total. The second kappa shape index (κ2) is 11.7. The average Bonchev–Trinajstić information content (AvgIpc) is 3.25. The van der Waals surface area contributed by atoms with Gasteiger partial charge in [0.15, 0.2) is 4.80 Å². The van der Waals surface area contributed by atoms with E-state index in [1.54, 1.807) is 51.1 Å². The Morgan fingerprint density at radius 3 is 2.44 bits per heavy atom. The number of ether oxygens (including phenoxy) is 2. The van der Waals surface area contributed by atoms with Crippen molar-refractivity contribution in [3.8, 4) is 5.75 Å². The van der Waals surface area contributed by atoms with Gasteiger partial charge >= 0.3 is 5.97 Å². The Kier molecular flexibility index (Phi) is 7.93. The first-order chi connectivity index (χ1) is 19.7. The molecule has 0 amide bonds. The van der Waals surface area contributed by atoms with E-state index in [2.05, 4.69) is 4.99 Å². The molecule has 0 saturated carbocycles. The smallest absolute Gasteiger partial charge is 0.338 e. The molecule has 2 heterocycles. The van der Waals surface area contributed by atoms with E-state index in [1.165, 1.54) is 16.7 Å². The first kappa shape index (κ1) is 27.7. The van der Waals surface area contributed by atoms with Gasteiger partial charge in [-0.2, -0.15) is 0 Å². The fourth-order valence-electron chi connectivity index (χ4n) is 4.58. The van der Waals surface area contributed by atoms with Crippen LogP contribution in [0.5, 0.6) is 5.75 Å². The number of esters is 1. The van der Waals surface area contributed by atoms with E-state index >= 15 is 0 Å². The van der Waals surface area contributed by atoms with Gasteiger partial charge < -0.3 is 9.47 Å². The van der Waals surface area contributed by atoms with Crippen molar-refractivity contribution < 1.29 is 19.2 Å². The second-order valence-electron chi connectivity index (χ2n) is 9.70. The Morgan fingerprint density at radius 2 is 1.76 bits per heavy atom. The molecule has 0 spiro atoms. The van der Waals surface area contributed by atoms with E-state index in [-0.39, 0.29) is 21.9 Å². The molecule has 1 aliphatic rings. The Labute approximate surface area is 239 Å². The second-order valence-corrected chi connectivity index (χ2v) is 10.7. The van der Waals surface area contributed by atoms with E-state index in [9.17, 15) is 19.7 Å². The van der Waals surface area contributed by atoms with E-state index in [0.717, 1.165) is 16.9 Å². The number of thiazole rings is 1. The molecule has 1 aliphatic heterocycles. The highest BCUT2D eigenvalue weighted by Crippen LogP contribution is 2.32. The van der Waals surface area contributed by atoms with Gasteiger partial charge in [0.1, 0.15) is 12.4 Å². The van der Waals surface area contributed by atoms with Gasteiger partial charge in [-0.15, -0.1) is 0 Å². The van der Waals surface area contributed by atoms with E-state index in [4.69, 9.17) is 9.47 Å². The lowest BCUT2D eigenvalue weighted by atomic mass is 9.96. The molecule has 5 rings (SSSR count). The molecule has 1 aromatic heterocycles. The van der Waals surface area contributed by atoms with Gasteiger partial charge in [-0.25, -0.2) is 9.79 Å². The molecular weight excluding hydrogens is 542 g/mol. The molecule has 10 heteroatoms. The van der Waals surface area contributed by atoms with Crippen LogP contribution in [0.2, 0.25) is 0 Å². The predicted molar refractivity (Wildman–Crippen MR) is 155 cm³/mol. The van der Waals surface area contributed by atoms with Crippen LogP contribution in [0.3, 0.4) is 0 Å². The molecule has 41 heavy (non-hydrogen) atoms. The molecule has 3 aromatic carbocycles. The Morgan fingerprint density at radius 1 is 1.07 bits per heavy atom. The van der Waals surface area contributed by atoms with Gasteiger partial charge in [-0.05, 0) is 56.2 Å². The number of nitro benzene ring substituents is 1. The van der Waals surface area contributed by atoms with Crippen LogP contribution in [0, 0.1) is 10.1 Å². The minimum atomic E-state index is -0.811. The fraction of sp³-hybridized carbons (Fsp3) is 0.194. The van der Waals surface area contributed by atoms with E-state index in [0.29, 0.717) is 34.0 Å². The third-order valence-corrected chi connectivity index (χ3v) is 7.43. The molecule has 0 N–H and O–H groups in total. The van der Waals surface area contributed by atoms with Gasteiger partial charge in [-0.3, -0.25) is 19.5 Å². The molecule has 0 aliphatic carbocycles. The van der Waals surface area contributed by atoms with Crippen LogP contribution in [-0.4, -0.2) is 21.6 Å². The summed E-state index contributed by atoms with van der Waals surface area (Å²) in [5.74, 6) is 0.0667. The average molecular weight is 570 g/mol. The number of allylic oxidation sites excluding steroid dienone is 1. The number of fused-ring (bicyclic) bond motifs is 1. The summed E-state index contributed by atoms with van der Waals surface area (Å²) >= 11 is 1.11. The highest BCUT2D eigenvalue weighted by molar-refractivity contribution is 7.07. The number of carbonyl (C=O) groups is 1. The maximum Gasteiger partial charge on any atom is 0.338 e. The molecule has 4 aromatic rings. The van der Waals surface area contributed by atoms with E-state index in [1.807, 2.05) is 42.5 Å². The number of nitrogens with zero attached hydrogens (tertiary/aromatic N) is 3. The van der Waals surface area contributed by atoms with Crippen molar-refractivity contribution >= 4 is 29.1 Å². The zero-order valence-corrected chi connectivity index (χ0v) is 23.5. The Balaban J connectivity index is 1.59. The largest absolute Gasteiger partial charge is 0.489 e. The molecule has 0 saturated heterocycles. The number of rotatable bonds is 8. The van der Waals surface area contributed by atoms with Gasteiger partial charge in [0, 0.05) is 6.07 Å². The summed E-state index contributed by atoms with van der Waals surface area (Å²) in [6.07, 6.45) is 1.12. The van der Waals surface area contributed by atoms with Crippen LogP contribution in [0.15, 0.2) is 99.9 Å². The highest BCUT2D eigenvalue weighted by atomic mass is 32.1. The van der Waals surface area contributed by atoms with Crippen LogP contribution in [-0.2, 0) is 16.1 Å². The van der Waals surface area contributed by atoms with Crippen LogP contribution in [0.1, 0.15) is 43.5 Å². The number of para-hydroxylation sites is 1. The molecule has 0 bridgehead atoms. The van der Waals surface area contributed by atoms with E-state index < -0.39 is 22.5 Å². The van der Waals surface area contributed by atoms with Crippen LogP contribution in [0.25, 0.3) is 6.08 Å². The highest BCUT2D eigenvalue weighted by Gasteiger charge is 2.34. The van der Waals surface area contributed by atoms with Crippen molar-refractivity contribution in [1.29, 1.82) is 0 Å². The third kappa shape index (κ3) is 5.87. The minimum Gasteiger partial charge on any atom is -0.489 e. The normalized spacial score (nSPS) is 14.9. The van der Waals surface area contributed by atoms with Gasteiger partial charge in [0.05, 0.1) is 38.4 Å². The van der Waals surface area contributed by atoms with Crippen molar-refractivity contribution in [2.45, 2.75) is 39.5 Å². The van der Waals surface area contributed by atoms with Crippen LogP contribution >= 0.6 is 11.3 Å². The van der Waals surface area contributed by atoms with Crippen molar-refractivity contribution in [2.75, 3.05) is 0 Å².